The quantitative estimate of drug-likeness (QED) is 0.625. The average molecular weight is 329 g/mol. The number of hydrogen-bond donors (Lipinski definition) is 1. The van der Waals surface area contributed by atoms with Gasteiger partial charge in [-0.25, -0.2) is 4.99 Å². The predicted octanol–water partition coefficient (Wildman–Crippen LogP) is 2.28. The lowest BCUT2D eigenvalue weighted by molar-refractivity contribution is 0.229. The van der Waals surface area contributed by atoms with Crippen LogP contribution in [0.4, 0.5) is 0 Å². The van der Waals surface area contributed by atoms with Crippen LogP contribution in [0.25, 0.3) is 0 Å². The van der Waals surface area contributed by atoms with E-state index in [1.807, 2.05) is 68.4 Å². The van der Waals surface area contributed by atoms with Crippen LogP contribution in [0.5, 0.6) is 5.75 Å². The molecule has 0 bridgehead atoms. The lowest BCUT2D eigenvalue weighted by atomic mass is 10.3. The van der Waals surface area contributed by atoms with Gasteiger partial charge in [-0.15, -0.1) is 0 Å². The third-order valence-corrected chi connectivity index (χ3v) is 3.45. The van der Waals surface area contributed by atoms with Gasteiger partial charge in [-0.3, -0.25) is 4.68 Å². The Hall–Kier alpha value is -2.50. The topological polar surface area (TPSA) is 54.7 Å². The van der Waals surface area contributed by atoms with Gasteiger partial charge in [0, 0.05) is 38.9 Å². The summed E-state index contributed by atoms with van der Waals surface area (Å²) in [5, 5.41) is 7.53. The van der Waals surface area contributed by atoms with E-state index >= 15 is 0 Å². The van der Waals surface area contributed by atoms with Gasteiger partial charge in [0.2, 0.25) is 0 Å². The molecular weight excluding hydrogens is 302 g/mol. The molecule has 1 N–H and O–H groups in total. The highest BCUT2D eigenvalue weighted by Crippen LogP contribution is 2.11. The van der Waals surface area contributed by atoms with Crippen LogP contribution in [-0.2, 0) is 13.6 Å². The largest absolute Gasteiger partial charge is 0.489 e. The molecule has 6 heteroatoms. The predicted molar refractivity (Wildman–Crippen MR) is 97.2 cm³/mol. The molecule has 0 spiro atoms. The van der Waals surface area contributed by atoms with Crippen LogP contribution in [0.2, 0.25) is 0 Å². The van der Waals surface area contributed by atoms with Gasteiger partial charge < -0.3 is 15.0 Å². The molecule has 2 rings (SSSR count). The summed E-state index contributed by atoms with van der Waals surface area (Å²) in [4.78, 5) is 6.78. The zero-order chi connectivity index (χ0) is 17.4. The molecule has 0 saturated heterocycles. The zero-order valence-electron chi connectivity index (χ0n) is 14.9. The van der Waals surface area contributed by atoms with E-state index in [0.29, 0.717) is 6.54 Å². The number of ether oxygens (including phenoxy) is 1. The Kier molecular flexibility index (Phi) is 6.66. The van der Waals surface area contributed by atoms with E-state index in [9.17, 15) is 0 Å². The van der Waals surface area contributed by atoms with Gasteiger partial charge in [0.1, 0.15) is 11.9 Å². The van der Waals surface area contributed by atoms with Gasteiger partial charge in [0.05, 0.1) is 12.7 Å². The first-order chi connectivity index (χ1) is 11.6. The van der Waals surface area contributed by atoms with E-state index in [2.05, 4.69) is 22.2 Å². The number of nitrogens with zero attached hydrogens (tertiary/aromatic N) is 4. The second kappa shape index (κ2) is 8.96. The van der Waals surface area contributed by atoms with Gasteiger partial charge in [-0.1, -0.05) is 18.2 Å². The zero-order valence-corrected chi connectivity index (χ0v) is 14.9. The fourth-order valence-corrected chi connectivity index (χ4v) is 2.36. The van der Waals surface area contributed by atoms with Gasteiger partial charge in [-0.05, 0) is 26.0 Å². The maximum atomic E-state index is 5.88. The van der Waals surface area contributed by atoms with Crippen LogP contribution >= 0.6 is 0 Å². The van der Waals surface area contributed by atoms with E-state index in [-0.39, 0.29) is 6.10 Å². The van der Waals surface area contributed by atoms with Gasteiger partial charge in [-0.2, -0.15) is 5.10 Å². The molecule has 1 heterocycles. The van der Waals surface area contributed by atoms with Crippen molar-refractivity contribution in [1.82, 2.24) is 20.0 Å². The summed E-state index contributed by atoms with van der Waals surface area (Å²) >= 11 is 0. The van der Waals surface area contributed by atoms with Crippen LogP contribution in [0, 0.1) is 0 Å². The highest BCUT2D eigenvalue weighted by molar-refractivity contribution is 5.79. The summed E-state index contributed by atoms with van der Waals surface area (Å²) in [6.45, 7) is 6.27. The van der Waals surface area contributed by atoms with Gasteiger partial charge in [0.15, 0.2) is 5.96 Å². The maximum absolute atomic E-state index is 5.88. The normalized spacial score (nSPS) is 12.8. The Bertz CT molecular complexity index is 638. The molecule has 130 valence electrons. The molecule has 6 nitrogen and oxygen atoms in total. The van der Waals surface area contributed by atoms with Crippen molar-refractivity contribution in [2.45, 2.75) is 26.5 Å². The third kappa shape index (κ3) is 5.61. The van der Waals surface area contributed by atoms with Crippen LogP contribution in [-0.4, -0.2) is 46.9 Å². The molecule has 0 aliphatic carbocycles. The highest BCUT2D eigenvalue weighted by atomic mass is 16.5. The second-order valence-electron chi connectivity index (χ2n) is 5.81. The number of guanidine groups is 1. The number of rotatable bonds is 7. The van der Waals surface area contributed by atoms with Crippen LogP contribution in [0.15, 0.2) is 47.7 Å². The maximum Gasteiger partial charge on any atom is 0.194 e. The van der Waals surface area contributed by atoms with Gasteiger partial charge >= 0.3 is 0 Å². The monoisotopic (exact) mass is 329 g/mol. The lowest BCUT2D eigenvalue weighted by Gasteiger charge is -2.22. The summed E-state index contributed by atoms with van der Waals surface area (Å²) in [6.07, 6.45) is 3.90. The number of aryl methyl sites for hydroxylation is 1. The number of benzene rings is 1. The molecule has 24 heavy (non-hydrogen) atoms. The minimum absolute atomic E-state index is 0.00727. The van der Waals surface area contributed by atoms with E-state index in [4.69, 9.17) is 9.73 Å². The van der Waals surface area contributed by atoms with Crippen molar-refractivity contribution < 1.29 is 4.74 Å². The smallest absolute Gasteiger partial charge is 0.194 e. The molecule has 0 aliphatic heterocycles. The van der Waals surface area contributed by atoms with Crippen molar-refractivity contribution in [2.75, 3.05) is 20.1 Å². The Morgan fingerprint density at radius 1 is 1.38 bits per heavy atom. The summed E-state index contributed by atoms with van der Waals surface area (Å²) in [5.74, 6) is 1.73. The van der Waals surface area contributed by atoms with Crippen molar-refractivity contribution in [3.8, 4) is 5.75 Å². The SMILES string of the molecule is CCNC(=NCC(C)Oc1ccccc1)N(C)Cc1cnn(C)c1. The van der Waals surface area contributed by atoms with E-state index in [0.717, 1.165) is 30.4 Å². The number of nitrogens with one attached hydrogen (secondary N) is 1. The number of hydrogen-bond acceptors (Lipinski definition) is 3. The first-order valence-corrected chi connectivity index (χ1v) is 8.27. The molecule has 0 aliphatic rings. The Morgan fingerprint density at radius 2 is 2.12 bits per heavy atom. The van der Waals surface area contributed by atoms with Crippen LogP contribution in [0.3, 0.4) is 0 Å². The molecule has 1 atom stereocenters. The molecule has 1 unspecified atom stereocenters. The van der Waals surface area contributed by atoms with Crippen molar-refractivity contribution in [3.05, 3.63) is 48.3 Å². The van der Waals surface area contributed by atoms with Crippen LogP contribution in [0.1, 0.15) is 19.4 Å². The average Bonchev–Trinajstić information content (AvgIpc) is 2.97. The molecule has 0 saturated carbocycles. The van der Waals surface area contributed by atoms with Crippen molar-refractivity contribution in [1.29, 1.82) is 0 Å². The Labute approximate surface area is 144 Å². The summed E-state index contributed by atoms with van der Waals surface area (Å²) in [6, 6.07) is 9.83. The summed E-state index contributed by atoms with van der Waals surface area (Å²) < 4.78 is 7.69. The minimum atomic E-state index is 0.00727. The number of para-hydroxylation sites is 1. The first kappa shape index (κ1) is 17.8. The minimum Gasteiger partial charge on any atom is -0.489 e. The van der Waals surface area contributed by atoms with Crippen LogP contribution < -0.4 is 10.1 Å². The molecule has 0 fully saturated rings. The lowest BCUT2D eigenvalue weighted by Crippen LogP contribution is -2.39. The van der Waals surface area contributed by atoms with E-state index in [1.165, 1.54) is 0 Å². The van der Waals surface area contributed by atoms with E-state index < -0.39 is 0 Å². The number of aromatic nitrogens is 2. The molecule has 0 amide bonds. The highest BCUT2D eigenvalue weighted by Gasteiger charge is 2.09. The van der Waals surface area contributed by atoms with E-state index in [1.54, 1.807) is 0 Å². The molecule has 1 aromatic carbocycles. The first-order valence-electron chi connectivity index (χ1n) is 8.27. The second-order valence-corrected chi connectivity index (χ2v) is 5.81. The molecule has 0 radical (unpaired) electrons. The van der Waals surface area contributed by atoms with Crippen molar-refractivity contribution in [2.24, 2.45) is 12.0 Å². The van der Waals surface area contributed by atoms with Crippen molar-refractivity contribution >= 4 is 5.96 Å². The molecular formula is C18H27N5O. The van der Waals surface area contributed by atoms with Crippen molar-refractivity contribution in [3.63, 3.8) is 0 Å². The summed E-state index contributed by atoms with van der Waals surface area (Å²) in [7, 11) is 3.95. The molecule has 1 aromatic heterocycles. The number of aliphatic imine (C=N–C) groups is 1. The fraction of sp³-hybridized carbons (Fsp3) is 0.444. The Balaban J connectivity index is 1.93. The van der Waals surface area contributed by atoms with Gasteiger partial charge in [0.25, 0.3) is 0 Å². The molecule has 2 aromatic rings. The Morgan fingerprint density at radius 3 is 2.75 bits per heavy atom. The fourth-order valence-electron chi connectivity index (χ4n) is 2.36. The summed E-state index contributed by atoms with van der Waals surface area (Å²) in [5.41, 5.74) is 1.15. The third-order valence-electron chi connectivity index (χ3n) is 3.45. The standard InChI is InChI=1S/C18H27N5O/c1-5-19-18(22(3)13-16-12-21-23(4)14-16)20-11-15(2)24-17-9-7-6-8-10-17/h6-10,12,14-15H,5,11,13H2,1-4H3,(H,19,20).